The van der Waals surface area contributed by atoms with Gasteiger partial charge < -0.3 is 10.6 Å². The largest absolute Gasteiger partial charge is 0.325 e. The molecule has 1 saturated heterocycles. The number of anilines is 1. The SMILES string of the molecule is Cc1cccc(NC(=O)CN2CC(C)NC(C)C2)c1C. The molecule has 2 N–H and O–H groups in total. The van der Waals surface area contributed by atoms with Crippen LogP contribution < -0.4 is 10.6 Å². The Bertz CT molecular complexity index is 477. The second-order valence-electron chi connectivity index (χ2n) is 5.96. The number of benzene rings is 1. The van der Waals surface area contributed by atoms with Gasteiger partial charge in [0.05, 0.1) is 6.54 Å². The summed E-state index contributed by atoms with van der Waals surface area (Å²) >= 11 is 0. The highest BCUT2D eigenvalue weighted by Gasteiger charge is 2.22. The van der Waals surface area contributed by atoms with Crippen molar-refractivity contribution >= 4 is 11.6 Å². The second-order valence-corrected chi connectivity index (χ2v) is 5.96. The summed E-state index contributed by atoms with van der Waals surface area (Å²) in [5.74, 6) is 0.0694. The summed E-state index contributed by atoms with van der Waals surface area (Å²) in [5.41, 5.74) is 3.27. The highest BCUT2D eigenvalue weighted by molar-refractivity contribution is 5.93. The quantitative estimate of drug-likeness (QED) is 0.886. The monoisotopic (exact) mass is 275 g/mol. The van der Waals surface area contributed by atoms with Gasteiger partial charge in [0, 0.05) is 30.9 Å². The van der Waals surface area contributed by atoms with E-state index in [1.165, 1.54) is 5.56 Å². The van der Waals surface area contributed by atoms with Gasteiger partial charge in [0.2, 0.25) is 5.91 Å². The molecule has 2 rings (SSSR count). The lowest BCUT2D eigenvalue weighted by Crippen LogP contribution is -2.55. The number of carbonyl (C=O) groups excluding carboxylic acids is 1. The molecule has 1 aliphatic rings. The number of nitrogens with zero attached hydrogens (tertiary/aromatic N) is 1. The molecule has 1 heterocycles. The average molecular weight is 275 g/mol. The summed E-state index contributed by atoms with van der Waals surface area (Å²) in [4.78, 5) is 14.4. The Morgan fingerprint density at radius 3 is 2.60 bits per heavy atom. The van der Waals surface area contributed by atoms with Gasteiger partial charge in [-0.2, -0.15) is 0 Å². The smallest absolute Gasteiger partial charge is 0.238 e. The van der Waals surface area contributed by atoms with Crippen LogP contribution in [0.15, 0.2) is 18.2 Å². The van der Waals surface area contributed by atoms with E-state index in [0.717, 1.165) is 24.3 Å². The molecule has 4 heteroatoms. The van der Waals surface area contributed by atoms with Gasteiger partial charge in [-0.15, -0.1) is 0 Å². The van der Waals surface area contributed by atoms with Crippen LogP contribution in [-0.4, -0.2) is 42.5 Å². The normalized spacial score (nSPS) is 23.6. The average Bonchev–Trinajstić information content (AvgIpc) is 2.33. The molecular weight excluding hydrogens is 250 g/mol. The third-order valence-corrected chi connectivity index (χ3v) is 3.88. The van der Waals surface area contributed by atoms with E-state index in [0.29, 0.717) is 18.6 Å². The van der Waals surface area contributed by atoms with Crippen molar-refractivity contribution in [1.82, 2.24) is 10.2 Å². The third-order valence-electron chi connectivity index (χ3n) is 3.88. The first kappa shape index (κ1) is 15.0. The molecule has 1 aromatic carbocycles. The second kappa shape index (κ2) is 6.37. The molecule has 1 amide bonds. The molecule has 4 nitrogen and oxygen atoms in total. The number of aryl methyl sites for hydroxylation is 1. The molecule has 1 fully saturated rings. The molecule has 0 saturated carbocycles. The Balaban J connectivity index is 1.94. The number of carbonyl (C=O) groups is 1. The van der Waals surface area contributed by atoms with Crippen molar-refractivity contribution in [2.75, 3.05) is 25.0 Å². The Morgan fingerprint density at radius 1 is 1.30 bits per heavy atom. The van der Waals surface area contributed by atoms with E-state index in [2.05, 4.69) is 42.4 Å². The number of hydrogen-bond acceptors (Lipinski definition) is 3. The van der Waals surface area contributed by atoms with Gasteiger partial charge in [-0.1, -0.05) is 12.1 Å². The Hall–Kier alpha value is -1.39. The maximum absolute atomic E-state index is 12.2. The van der Waals surface area contributed by atoms with Crippen LogP contribution in [0.2, 0.25) is 0 Å². The zero-order chi connectivity index (χ0) is 14.7. The molecule has 0 spiro atoms. The molecule has 20 heavy (non-hydrogen) atoms. The lowest BCUT2D eigenvalue weighted by atomic mass is 10.1. The number of hydrogen-bond donors (Lipinski definition) is 2. The Kier molecular flexibility index (Phi) is 4.78. The Morgan fingerprint density at radius 2 is 1.95 bits per heavy atom. The molecule has 110 valence electrons. The summed E-state index contributed by atoms with van der Waals surface area (Å²) in [6.45, 7) is 10.7. The number of nitrogens with one attached hydrogen (secondary N) is 2. The maximum Gasteiger partial charge on any atom is 0.238 e. The summed E-state index contributed by atoms with van der Waals surface area (Å²) in [7, 11) is 0. The molecule has 2 unspecified atom stereocenters. The van der Waals surface area contributed by atoms with Crippen molar-refractivity contribution in [2.45, 2.75) is 39.8 Å². The van der Waals surface area contributed by atoms with Gasteiger partial charge in [-0.3, -0.25) is 9.69 Å². The topological polar surface area (TPSA) is 44.4 Å². The van der Waals surface area contributed by atoms with Crippen molar-refractivity contribution in [3.63, 3.8) is 0 Å². The minimum atomic E-state index is 0.0694. The summed E-state index contributed by atoms with van der Waals surface area (Å²) in [6, 6.07) is 6.88. The van der Waals surface area contributed by atoms with Gasteiger partial charge in [-0.05, 0) is 44.9 Å². The number of amides is 1. The first-order valence-electron chi connectivity index (χ1n) is 7.30. The van der Waals surface area contributed by atoms with E-state index in [1.54, 1.807) is 0 Å². The van der Waals surface area contributed by atoms with Gasteiger partial charge >= 0.3 is 0 Å². The first-order chi connectivity index (χ1) is 9.45. The first-order valence-corrected chi connectivity index (χ1v) is 7.30. The zero-order valence-electron chi connectivity index (χ0n) is 12.9. The lowest BCUT2D eigenvalue weighted by molar-refractivity contribution is -0.117. The molecular formula is C16H25N3O. The van der Waals surface area contributed by atoms with E-state index in [9.17, 15) is 4.79 Å². The van der Waals surface area contributed by atoms with Crippen LogP contribution in [0, 0.1) is 13.8 Å². The van der Waals surface area contributed by atoms with Crippen LogP contribution >= 0.6 is 0 Å². The van der Waals surface area contributed by atoms with Crippen molar-refractivity contribution < 1.29 is 4.79 Å². The van der Waals surface area contributed by atoms with E-state index in [1.807, 2.05) is 19.1 Å². The predicted octanol–water partition coefficient (Wildman–Crippen LogP) is 1.92. The van der Waals surface area contributed by atoms with Crippen LogP contribution in [0.5, 0.6) is 0 Å². The van der Waals surface area contributed by atoms with Crippen LogP contribution in [0.1, 0.15) is 25.0 Å². The highest BCUT2D eigenvalue weighted by atomic mass is 16.2. The van der Waals surface area contributed by atoms with Crippen molar-refractivity contribution in [3.05, 3.63) is 29.3 Å². The molecule has 0 radical (unpaired) electrons. The van der Waals surface area contributed by atoms with Crippen LogP contribution in [0.3, 0.4) is 0 Å². The highest BCUT2D eigenvalue weighted by Crippen LogP contribution is 2.18. The van der Waals surface area contributed by atoms with E-state index < -0.39 is 0 Å². The zero-order valence-corrected chi connectivity index (χ0v) is 12.9. The number of piperazine rings is 1. The van der Waals surface area contributed by atoms with Gasteiger partial charge in [-0.25, -0.2) is 0 Å². The molecule has 0 aliphatic carbocycles. The van der Waals surface area contributed by atoms with Gasteiger partial charge in [0.1, 0.15) is 0 Å². The Labute approximate surface area is 121 Å². The van der Waals surface area contributed by atoms with Crippen molar-refractivity contribution in [2.24, 2.45) is 0 Å². The summed E-state index contributed by atoms with van der Waals surface area (Å²) in [5, 5.41) is 6.50. The van der Waals surface area contributed by atoms with Crippen LogP contribution in [-0.2, 0) is 4.79 Å². The molecule has 0 aromatic heterocycles. The molecule has 2 atom stereocenters. The van der Waals surface area contributed by atoms with E-state index in [-0.39, 0.29) is 5.91 Å². The fourth-order valence-electron chi connectivity index (χ4n) is 2.85. The van der Waals surface area contributed by atoms with E-state index >= 15 is 0 Å². The minimum Gasteiger partial charge on any atom is -0.325 e. The van der Waals surface area contributed by atoms with E-state index in [4.69, 9.17) is 0 Å². The molecule has 0 bridgehead atoms. The summed E-state index contributed by atoms with van der Waals surface area (Å²) in [6.07, 6.45) is 0. The van der Waals surface area contributed by atoms with Crippen LogP contribution in [0.4, 0.5) is 5.69 Å². The van der Waals surface area contributed by atoms with Crippen LogP contribution in [0.25, 0.3) is 0 Å². The number of rotatable bonds is 3. The lowest BCUT2D eigenvalue weighted by Gasteiger charge is -2.35. The molecule has 1 aliphatic heterocycles. The van der Waals surface area contributed by atoms with Crippen molar-refractivity contribution in [1.29, 1.82) is 0 Å². The van der Waals surface area contributed by atoms with Gasteiger partial charge in [0.25, 0.3) is 0 Å². The third kappa shape index (κ3) is 3.81. The predicted molar refractivity (Wildman–Crippen MR) is 83.0 cm³/mol. The standard InChI is InChI=1S/C16H25N3O/c1-11-6-5-7-15(14(11)4)18-16(20)10-19-8-12(2)17-13(3)9-19/h5-7,12-13,17H,8-10H2,1-4H3,(H,18,20). The maximum atomic E-state index is 12.2. The minimum absolute atomic E-state index is 0.0694. The fourth-order valence-corrected chi connectivity index (χ4v) is 2.85. The molecule has 1 aromatic rings. The van der Waals surface area contributed by atoms with Crippen molar-refractivity contribution in [3.8, 4) is 0 Å². The van der Waals surface area contributed by atoms with Gasteiger partial charge in [0.15, 0.2) is 0 Å². The summed E-state index contributed by atoms with van der Waals surface area (Å²) < 4.78 is 0. The fraction of sp³-hybridized carbons (Fsp3) is 0.562.